The molecule has 3 rings (SSSR count). The van der Waals surface area contributed by atoms with Gasteiger partial charge in [-0.15, -0.1) is 0 Å². The van der Waals surface area contributed by atoms with E-state index in [-0.39, 0.29) is 6.61 Å². The van der Waals surface area contributed by atoms with Crippen molar-refractivity contribution in [1.29, 1.82) is 0 Å². The Hall–Kier alpha value is -2.62. The number of benzene rings is 2. The maximum Gasteiger partial charge on any atom is 0.494 e. The van der Waals surface area contributed by atoms with E-state index in [4.69, 9.17) is 14.1 Å². The molecule has 1 fully saturated rings. The van der Waals surface area contributed by atoms with Gasteiger partial charge >= 0.3 is 13.3 Å². The number of alkyl halides is 3. The van der Waals surface area contributed by atoms with Crippen molar-refractivity contribution in [3.8, 4) is 0 Å². The predicted molar refractivity (Wildman–Crippen MR) is 116 cm³/mol. The molecule has 0 unspecified atom stereocenters. The van der Waals surface area contributed by atoms with Crippen molar-refractivity contribution in [2.24, 2.45) is 0 Å². The second-order valence-electron chi connectivity index (χ2n) is 8.54. The standard InChI is InChI=1S/C23H25BF3NO4/c1-21(2)22(3,4)32-24(31-21)19-12-7-17(8-13-19)15-30-28-20(29)14-9-16-5-10-18(11-6-16)23(25,26)27/h5-14H,15H2,1-4H3,(H,28,29)/b14-9+. The van der Waals surface area contributed by atoms with Gasteiger partial charge in [-0.2, -0.15) is 13.2 Å². The van der Waals surface area contributed by atoms with Gasteiger partial charge in [0.05, 0.1) is 23.4 Å². The van der Waals surface area contributed by atoms with Crippen LogP contribution in [0, 0.1) is 0 Å². The average Bonchev–Trinajstić information content (AvgIpc) is 2.94. The Morgan fingerprint density at radius 3 is 2.09 bits per heavy atom. The van der Waals surface area contributed by atoms with Crippen molar-refractivity contribution in [2.75, 3.05) is 0 Å². The van der Waals surface area contributed by atoms with E-state index in [0.29, 0.717) is 5.56 Å². The van der Waals surface area contributed by atoms with Gasteiger partial charge in [0.1, 0.15) is 0 Å². The summed E-state index contributed by atoms with van der Waals surface area (Å²) in [4.78, 5) is 17.0. The van der Waals surface area contributed by atoms with Crippen LogP contribution in [0.4, 0.5) is 13.2 Å². The smallest absolute Gasteiger partial charge is 0.399 e. The SMILES string of the molecule is CC1(C)OB(c2ccc(CONC(=O)/C=C/c3ccc(C(F)(F)F)cc3)cc2)OC1(C)C. The second kappa shape index (κ2) is 9.09. The van der Waals surface area contributed by atoms with Crippen LogP contribution >= 0.6 is 0 Å². The van der Waals surface area contributed by atoms with E-state index >= 15 is 0 Å². The number of carbonyl (C=O) groups is 1. The molecule has 0 aliphatic carbocycles. The van der Waals surface area contributed by atoms with E-state index < -0.39 is 36.0 Å². The number of nitrogens with one attached hydrogen (secondary N) is 1. The number of hydroxylamine groups is 1. The number of rotatable bonds is 6. The highest BCUT2D eigenvalue weighted by Gasteiger charge is 2.51. The van der Waals surface area contributed by atoms with Crippen molar-refractivity contribution in [3.05, 3.63) is 71.3 Å². The van der Waals surface area contributed by atoms with E-state index in [0.717, 1.165) is 23.2 Å². The monoisotopic (exact) mass is 447 g/mol. The van der Waals surface area contributed by atoms with E-state index in [1.165, 1.54) is 24.3 Å². The topological polar surface area (TPSA) is 56.8 Å². The van der Waals surface area contributed by atoms with Gasteiger partial charge in [0.15, 0.2) is 0 Å². The molecule has 0 bridgehead atoms. The van der Waals surface area contributed by atoms with Crippen LogP contribution in [0.1, 0.15) is 44.4 Å². The normalized spacial score (nSPS) is 17.7. The summed E-state index contributed by atoms with van der Waals surface area (Å²) in [5.41, 5.74) is 2.87. The Kier molecular flexibility index (Phi) is 6.83. The minimum Gasteiger partial charge on any atom is -0.399 e. The Labute approximate surface area is 185 Å². The zero-order valence-electron chi connectivity index (χ0n) is 18.3. The molecule has 0 atom stereocenters. The summed E-state index contributed by atoms with van der Waals surface area (Å²) in [6, 6.07) is 12.0. The fourth-order valence-corrected chi connectivity index (χ4v) is 2.93. The summed E-state index contributed by atoms with van der Waals surface area (Å²) in [5, 5.41) is 0. The van der Waals surface area contributed by atoms with Crippen LogP contribution in [0.2, 0.25) is 0 Å². The maximum absolute atomic E-state index is 12.6. The molecule has 5 nitrogen and oxygen atoms in total. The third kappa shape index (κ3) is 5.79. The molecule has 0 radical (unpaired) electrons. The maximum atomic E-state index is 12.6. The summed E-state index contributed by atoms with van der Waals surface area (Å²) >= 11 is 0. The van der Waals surface area contributed by atoms with Crippen LogP contribution in [0.15, 0.2) is 54.6 Å². The highest BCUT2D eigenvalue weighted by Crippen LogP contribution is 2.36. The van der Waals surface area contributed by atoms with Gasteiger partial charge in [0.25, 0.3) is 5.91 Å². The molecule has 32 heavy (non-hydrogen) atoms. The van der Waals surface area contributed by atoms with Gasteiger partial charge in [-0.1, -0.05) is 36.4 Å². The molecule has 170 valence electrons. The first-order valence-electron chi connectivity index (χ1n) is 10.1. The van der Waals surface area contributed by atoms with Gasteiger partial charge in [0, 0.05) is 6.08 Å². The number of amides is 1. The summed E-state index contributed by atoms with van der Waals surface area (Å²) in [7, 11) is -0.454. The zero-order chi connectivity index (χ0) is 23.6. The lowest BCUT2D eigenvalue weighted by Gasteiger charge is -2.32. The molecule has 0 saturated carbocycles. The number of halogens is 3. The molecule has 0 aromatic heterocycles. The molecule has 1 N–H and O–H groups in total. The van der Waals surface area contributed by atoms with Crippen LogP contribution in [-0.2, 0) is 31.7 Å². The number of hydrogen-bond donors (Lipinski definition) is 1. The van der Waals surface area contributed by atoms with E-state index in [1.54, 1.807) is 0 Å². The first-order chi connectivity index (χ1) is 14.9. The first-order valence-corrected chi connectivity index (χ1v) is 10.1. The average molecular weight is 447 g/mol. The Bertz CT molecular complexity index is 954. The fourth-order valence-electron chi connectivity index (χ4n) is 2.93. The molecule has 1 amide bonds. The molecule has 2 aromatic carbocycles. The Morgan fingerprint density at radius 2 is 1.56 bits per heavy atom. The zero-order valence-corrected chi connectivity index (χ0v) is 18.3. The van der Waals surface area contributed by atoms with Gasteiger partial charge in [-0.25, -0.2) is 5.48 Å². The van der Waals surface area contributed by atoms with E-state index in [2.05, 4.69) is 5.48 Å². The van der Waals surface area contributed by atoms with Gasteiger partial charge in [0.2, 0.25) is 0 Å². The van der Waals surface area contributed by atoms with Crippen molar-refractivity contribution in [2.45, 2.75) is 51.7 Å². The molecule has 0 spiro atoms. The third-order valence-electron chi connectivity index (χ3n) is 5.58. The highest BCUT2D eigenvalue weighted by molar-refractivity contribution is 6.62. The summed E-state index contributed by atoms with van der Waals surface area (Å²) < 4.78 is 49.7. The number of hydrogen-bond acceptors (Lipinski definition) is 4. The van der Waals surface area contributed by atoms with Crippen LogP contribution in [0.3, 0.4) is 0 Å². The Morgan fingerprint density at radius 1 is 1.00 bits per heavy atom. The minimum absolute atomic E-state index is 0.142. The summed E-state index contributed by atoms with van der Waals surface area (Å²) in [5.74, 6) is -0.529. The quantitative estimate of drug-likeness (QED) is 0.409. The van der Waals surface area contributed by atoms with E-state index in [9.17, 15) is 18.0 Å². The molecule has 1 aliphatic rings. The molecular weight excluding hydrogens is 422 g/mol. The summed E-state index contributed by atoms with van der Waals surface area (Å²) in [6.45, 7) is 8.10. The van der Waals surface area contributed by atoms with Crippen molar-refractivity contribution < 1.29 is 32.1 Å². The van der Waals surface area contributed by atoms with Crippen LogP contribution in [0.25, 0.3) is 6.08 Å². The van der Waals surface area contributed by atoms with Crippen molar-refractivity contribution in [1.82, 2.24) is 5.48 Å². The lowest BCUT2D eigenvalue weighted by atomic mass is 9.79. The van der Waals surface area contributed by atoms with Gasteiger partial charge in [-0.05, 0) is 62.5 Å². The van der Waals surface area contributed by atoms with Crippen LogP contribution in [-0.4, -0.2) is 24.2 Å². The molecular formula is C23H25BF3NO4. The molecule has 1 saturated heterocycles. The van der Waals surface area contributed by atoms with Crippen molar-refractivity contribution in [3.63, 3.8) is 0 Å². The third-order valence-corrected chi connectivity index (χ3v) is 5.58. The minimum atomic E-state index is -4.39. The fraction of sp³-hybridized carbons (Fsp3) is 0.348. The lowest BCUT2D eigenvalue weighted by molar-refractivity contribution is -0.137. The van der Waals surface area contributed by atoms with Crippen LogP contribution in [0.5, 0.6) is 0 Å². The van der Waals surface area contributed by atoms with Crippen molar-refractivity contribution >= 4 is 24.6 Å². The lowest BCUT2D eigenvalue weighted by Crippen LogP contribution is -2.41. The Balaban J connectivity index is 1.46. The van der Waals surface area contributed by atoms with Gasteiger partial charge < -0.3 is 9.31 Å². The molecule has 2 aromatic rings. The number of carbonyl (C=O) groups excluding carboxylic acids is 1. The largest absolute Gasteiger partial charge is 0.494 e. The first kappa shape index (κ1) is 24.0. The molecule has 1 aliphatic heterocycles. The van der Waals surface area contributed by atoms with Gasteiger partial charge in [-0.3, -0.25) is 9.63 Å². The summed E-state index contributed by atoms with van der Waals surface area (Å²) in [6.07, 6.45) is -1.81. The predicted octanol–water partition coefficient (Wildman–Crippen LogP) is 4.27. The second-order valence-corrected chi connectivity index (χ2v) is 8.54. The van der Waals surface area contributed by atoms with E-state index in [1.807, 2.05) is 52.0 Å². The molecule has 1 heterocycles. The highest BCUT2D eigenvalue weighted by atomic mass is 19.4. The van der Waals surface area contributed by atoms with Crippen LogP contribution < -0.4 is 10.9 Å². The molecule has 9 heteroatoms.